The highest BCUT2D eigenvalue weighted by molar-refractivity contribution is 5.93. The summed E-state index contributed by atoms with van der Waals surface area (Å²) >= 11 is 0. The molecule has 2 rings (SSSR count). The zero-order valence-electron chi connectivity index (χ0n) is 16.7. The SMILES string of the molecule is CN=C(NCc1ccc(C(=O)N(C)C)cc1)N(C)Cc1ccc(OC)cc1. The summed E-state index contributed by atoms with van der Waals surface area (Å²) in [6, 6.07) is 15.6. The topological polar surface area (TPSA) is 57.2 Å². The first-order chi connectivity index (χ1) is 12.9. The van der Waals surface area contributed by atoms with Gasteiger partial charge in [-0.3, -0.25) is 9.79 Å². The Hall–Kier alpha value is -3.02. The van der Waals surface area contributed by atoms with Crippen molar-refractivity contribution in [2.24, 2.45) is 4.99 Å². The van der Waals surface area contributed by atoms with Crippen molar-refractivity contribution in [3.63, 3.8) is 0 Å². The Labute approximate surface area is 161 Å². The number of aliphatic imine (C=N–C) groups is 1. The molecule has 2 aromatic rings. The molecule has 2 aromatic carbocycles. The van der Waals surface area contributed by atoms with Gasteiger partial charge in [0.15, 0.2) is 5.96 Å². The molecule has 6 nitrogen and oxygen atoms in total. The Morgan fingerprint density at radius 2 is 1.59 bits per heavy atom. The zero-order chi connectivity index (χ0) is 19.8. The van der Waals surface area contributed by atoms with Crippen LogP contribution in [-0.2, 0) is 13.1 Å². The lowest BCUT2D eigenvalue weighted by Gasteiger charge is -2.22. The molecule has 0 saturated carbocycles. The van der Waals surface area contributed by atoms with Crippen LogP contribution in [0.1, 0.15) is 21.5 Å². The molecule has 0 heterocycles. The number of ether oxygens (including phenoxy) is 1. The number of carbonyl (C=O) groups excluding carboxylic acids is 1. The van der Waals surface area contributed by atoms with Gasteiger partial charge in [0.25, 0.3) is 5.91 Å². The van der Waals surface area contributed by atoms with Crippen LogP contribution >= 0.6 is 0 Å². The number of amides is 1. The summed E-state index contributed by atoms with van der Waals surface area (Å²) in [7, 11) is 8.93. The Morgan fingerprint density at radius 3 is 2.11 bits per heavy atom. The minimum absolute atomic E-state index is 0.00421. The summed E-state index contributed by atoms with van der Waals surface area (Å²) in [5, 5.41) is 3.36. The lowest BCUT2D eigenvalue weighted by Crippen LogP contribution is -2.38. The molecule has 6 heteroatoms. The minimum Gasteiger partial charge on any atom is -0.497 e. The maximum absolute atomic E-state index is 11.9. The van der Waals surface area contributed by atoms with Gasteiger partial charge in [-0.2, -0.15) is 0 Å². The van der Waals surface area contributed by atoms with Crippen molar-refractivity contribution in [2.75, 3.05) is 35.3 Å². The number of nitrogens with one attached hydrogen (secondary N) is 1. The van der Waals surface area contributed by atoms with Gasteiger partial charge in [0.05, 0.1) is 7.11 Å². The van der Waals surface area contributed by atoms with E-state index in [2.05, 4.69) is 15.2 Å². The smallest absolute Gasteiger partial charge is 0.253 e. The summed E-state index contributed by atoms with van der Waals surface area (Å²) in [5.74, 6) is 1.66. The number of carbonyl (C=O) groups is 1. The molecule has 144 valence electrons. The Balaban J connectivity index is 1.93. The summed E-state index contributed by atoms with van der Waals surface area (Å²) in [5.41, 5.74) is 2.95. The number of hydrogen-bond donors (Lipinski definition) is 1. The molecule has 0 unspecified atom stereocenters. The van der Waals surface area contributed by atoms with Crippen LogP contribution in [0.25, 0.3) is 0 Å². The number of methoxy groups -OCH3 is 1. The number of benzene rings is 2. The van der Waals surface area contributed by atoms with Crippen LogP contribution in [0.4, 0.5) is 0 Å². The third-order valence-corrected chi connectivity index (χ3v) is 4.21. The largest absolute Gasteiger partial charge is 0.497 e. The maximum Gasteiger partial charge on any atom is 0.253 e. The first-order valence-corrected chi connectivity index (χ1v) is 8.80. The van der Waals surface area contributed by atoms with Crippen molar-refractivity contribution in [2.45, 2.75) is 13.1 Å². The Morgan fingerprint density at radius 1 is 1.00 bits per heavy atom. The van der Waals surface area contributed by atoms with E-state index in [0.717, 1.165) is 23.8 Å². The monoisotopic (exact) mass is 368 g/mol. The molecule has 0 aliphatic heterocycles. The van der Waals surface area contributed by atoms with Gasteiger partial charge in [-0.25, -0.2) is 0 Å². The molecule has 0 bridgehead atoms. The molecule has 0 aliphatic carbocycles. The van der Waals surface area contributed by atoms with E-state index in [0.29, 0.717) is 12.1 Å². The predicted octanol–water partition coefficient (Wildman–Crippen LogP) is 2.60. The van der Waals surface area contributed by atoms with Gasteiger partial charge < -0.3 is 19.9 Å². The first-order valence-electron chi connectivity index (χ1n) is 8.80. The maximum atomic E-state index is 11.9. The molecule has 0 spiro atoms. The third-order valence-electron chi connectivity index (χ3n) is 4.21. The standard InChI is InChI=1S/C21H28N4O2/c1-22-21(25(4)15-17-8-12-19(27-5)13-9-17)23-14-16-6-10-18(11-7-16)20(26)24(2)3/h6-13H,14-15H2,1-5H3,(H,22,23). The fourth-order valence-corrected chi connectivity index (χ4v) is 2.67. The van der Waals surface area contributed by atoms with E-state index < -0.39 is 0 Å². The molecule has 0 atom stereocenters. The molecule has 1 amide bonds. The second-order valence-electron chi connectivity index (χ2n) is 6.50. The fraction of sp³-hybridized carbons (Fsp3) is 0.333. The number of guanidine groups is 1. The molecular weight excluding hydrogens is 340 g/mol. The van der Waals surface area contributed by atoms with Crippen molar-refractivity contribution in [1.29, 1.82) is 0 Å². The van der Waals surface area contributed by atoms with Crippen molar-refractivity contribution < 1.29 is 9.53 Å². The van der Waals surface area contributed by atoms with E-state index in [1.807, 2.05) is 55.6 Å². The van der Waals surface area contributed by atoms with E-state index in [-0.39, 0.29) is 5.91 Å². The Bertz CT molecular complexity index is 768. The number of rotatable bonds is 6. The van der Waals surface area contributed by atoms with E-state index in [1.165, 1.54) is 5.56 Å². The van der Waals surface area contributed by atoms with Gasteiger partial charge in [-0.15, -0.1) is 0 Å². The van der Waals surface area contributed by atoms with Gasteiger partial charge >= 0.3 is 0 Å². The third kappa shape index (κ3) is 5.74. The summed E-state index contributed by atoms with van der Waals surface area (Å²) in [6.45, 7) is 1.37. The molecule has 0 aliphatic rings. The van der Waals surface area contributed by atoms with Crippen LogP contribution < -0.4 is 10.1 Å². The molecule has 1 N–H and O–H groups in total. The van der Waals surface area contributed by atoms with Crippen LogP contribution in [0.3, 0.4) is 0 Å². The van der Waals surface area contributed by atoms with Gasteiger partial charge in [0.2, 0.25) is 0 Å². The Kier molecular flexibility index (Phi) is 7.23. The molecular formula is C21H28N4O2. The van der Waals surface area contributed by atoms with Crippen molar-refractivity contribution in [3.05, 3.63) is 65.2 Å². The van der Waals surface area contributed by atoms with Crippen LogP contribution in [-0.4, -0.2) is 57.0 Å². The van der Waals surface area contributed by atoms with Crippen molar-refractivity contribution >= 4 is 11.9 Å². The average molecular weight is 368 g/mol. The second-order valence-corrected chi connectivity index (χ2v) is 6.50. The average Bonchev–Trinajstić information content (AvgIpc) is 2.69. The van der Waals surface area contributed by atoms with Crippen LogP contribution in [0.15, 0.2) is 53.5 Å². The molecule has 0 aromatic heterocycles. The fourth-order valence-electron chi connectivity index (χ4n) is 2.67. The van der Waals surface area contributed by atoms with E-state index in [9.17, 15) is 4.79 Å². The van der Waals surface area contributed by atoms with Crippen molar-refractivity contribution in [3.8, 4) is 5.75 Å². The van der Waals surface area contributed by atoms with Crippen molar-refractivity contribution in [1.82, 2.24) is 15.1 Å². The van der Waals surface area contributed by atoms with Gasteiger partial charge in [0.1, 0.15) is 5.75 Å². The quantitative estimate of drug-likeness (QED) is 0.629. The predicted molar refractivity (Wildman–Crippen MR) is 109 cm³/mol. The van der Waals surface area contributed by atoms with Gasteiger partial charge in [-0.05, 0) is 35.4 Å². The number of nitrogens with zero attached hydrogens (tertiary/aromatic N) is 3. The normalized spacial score (nSPS) is 11.1. The van der Waals surface area contributed by atoms with Gasteiger partial charge in [-0.1, -0.05) is 24.3 Å². The van der Waals surface area contributed by atoms with Gasteiger partial charge in [0, 0.05) is 46.8 Å². The van der Waals surface area contributed by atoms with Crippen LogP contribution in [0, 0.1) is 0 Å². The lowest BCUT2D eigenvalue weighted by molar-refractivity contribution is 0.0827. The first kappa shape index (κ1) is 20.3. The zero-order valence-corrected chi connectivity index (χ0v) is 16.7. The summed E-state index contributed by atoms with van der Waals surface area (Å²) < 4.78 is 5.19. The molecule has 0 fully saturated rings. The molecule has 0 radical (unpaired) electrons. The van der Waals surface area contributed by atoms with Crippen LogP contribution in [0.2, 0.25) is 0 Å². The second kappa shape index (κ2) is 9.62. The van der Waals surface area contributed by atoms with E-state index in [1.54, 1.807) is 33.2 Å². The van der Waals surface area contributed by atoms with E-state index >= 15 is 0 Å². The highest BCUT2D eigenvalue weighted by Gasteiger charge is 2.09. The summed E-state index contributed by atoms with van der Waals surface area (Å²) in [4.78, 5) is 19.9. The molecule has 27 heavy (non-hydrogen) atoms. The van der Waals surface area contributed by atoms with Crippen LogP contribution in [0.5, 0.6) is 5.75 Å². The molecule has 0 saturated heterocycles. The highest BCUT2D eigenvalue weighted by atomic mass is 16.5. The summed E-state index contributed by atoms with van der Waals surface area (Å²) in [6.07, 6.45) is 0. The minimum atomic E-state index is 0.00421. The van der Waals surface area contributed by atoms with E-state index in [4.69, 9.17) is 4.74 Å². The number of hydrogen-bond acceptors (Lipinski definition) is 3. The highest BCUT2D eigenvalue weighted by Crippen LogP contribution is 2.13. The lowest BCUT2D eigenvalue weighted by atomic mass is 10.1.